The van der Waals surface area contributed by atoms with E-state index in [1.165, 1.54) is 6.92 Å². The molecule has 0 aromatic carbocycles. The largest absolute Gasteiger partial charge is 0.395 e. The normalized spacial score (nSPS) is 22.9. The topological polar surface area (TPSA) is 75.6 Å². The lowest BCUT2D eigenvalue weighted by Gasteiger charge is -2.28. The molecule has 1 saturated heterocycles. The Kier molecular flexibility index (Phi) is 5.17. The average Bonchev–Trinajstić information content (AvgIpc) is 2.28. The van der Waals surface area contributed by atoms with Crippen molar-refractivity contribution < 1.29 is 18.3 Å². The van der Waals surface area contributed by atoms with Gasteiger partial charge >= 0.3 is 0 Å². The third kappa shape index (κ3) is 3.69. The molecule has 1 aliphatic heterocycles. The first-order valence-corrected chi connectivity index (χ1v) is 7.21. The van der Waals surface area contributed by atoms with Crippen LogP contribution in [0.5, 0.6) is 0 Å². The zero-order chi connectivity index (χ0) is 12.2. The fourth-order valence-electron chi connectivity index (χ4n) is 1.79. The van der Waals surface area contributed by atoms with Gasteiger partial charge in [-0.15, -0.1) is 0 Å². The van der Waals surface area contributed by atoms with Gasteiger partial charge in [0.2, 0.25) is 10.0 Å². The molecular weight excluding hydrogens is 230 g/mol. The van der Waals surface area contributed by atoms with E-state index >= 15 is 0 Å². The van der Waals surface area contributed by atoms with Crippen LogP contribution >= 0.6 is 0 Å². The van der Waals surface area contributed by atoms with Crippen LogP contribution in [0.3, 0.4) is 0 Å². The lowest BCUT2D eigenvalue weighted by molar-refractivity contribution is 0.0585. The van der Waals surface area contributed by atoms with E-state index in [4.69, 9.17) is 9.84 Å². The molecule has 0 spiro atoms. The molecule has 2 atom stereocenters. The highest BCUT2D eigenvalue weighted by Crippen LogP contribution is 2.19. The van der Waals surface area contributed by atoms with Crippen LogP contribution in [0.25, 0.3) is 0 Å². The van der Waals surface area contributed by atoms with E-state index in [2.05, 4.69) is 4.72 Å². The summed E-state index contributed by atoms with van der Waals surface area (Å²) in [5, 5.41) is 8.10. The minimum absolute atomic E-state index is 0.0945. The second kappa shape index (κ2) is 5.95. The van der Waals surface area contributed by atoms with Gasteiger partial charge in [-0.2, -0.15) is 0 Å². The summed E-state index contributed by atoms with van der Waals surface area (Å²) in [6.45, 7) is 4.42. The minimum Gasteiger partial charge on any atom is -0.395 e. The molecular formula is C10H21NO4S. The van der Waals surface area contributed by atoms with Gasteiger partial charge in [-0.1, -0.05) is 0 Å². The summed E-state index contributed by atoms with van der Waals surface area (Å²) in [5.41, 5.74) is 0. The number of nitrogens with one attached hydrogen (secondary N) is 1. The Balaban J connectivity index is 2.52. The second-order valence-electron chi connectivity index (χ2n) is 4.39. The summed E-state index contributed by atoms with van der Waals surface area (Å²) in [6.07, 6.45) is 1.77. The van der Waals surface area contributed by atoms with Crippen LogP contribution in [0.2, 0.25) is 0 Å². The zero-order valence-electron chi connectivity index (χ0n) is 9.85. The molecule has 1 aliphatic rings. The molecule has 1 heterocycles. The summed E-state index contributed by atoms with van der Waals surface area (Å²) >= 11 is 0. The van der Waals surface area contributed by atoms with E-state index in [0.29, 0.717) is 19.1 Å². The van der Waals surface area contributed by atoms with Gasteiger partial charge < -0.3 is 9.84 Å². The second-order valence-corrected chi connectivity index (χ2v) is 6.52. The first-order valence-electron chi connectivity index (χ1n) is 5.67. The van der Waals surface area contributed by atoms with Crippen LogP contribution < -0.4 is 4.72 Å². The molecule has 0 bridgehead atoms. The Hall–Kier alpha value is -0.170. The van der Waals surface area contributed by atoms with Gasteiger partial charge in [0.05, 0.1) is 11.9 Å². The number of aliphatic hydroxyl groups excluding tert-OH is 1. The van der Waals surface area contributed by atoms with E-state index < -0.39 is 15.3 Å². The van der Waals surface area contributed by atoms with Crippen LogP contribution in [0.1, 0.15) is 26.7 Å². The van der Waals surface area contributed by atoms with Crippen LogP contribution in [-0.2, 0) is 14.8 Å². The molecule has 16 heavy (non-hydrogen) atoms. The lowest BCUT2D eigenvalue weighted by Crippen LogP contribution is -2.44. The number of hydrogen-bond acceptors (Lipinski definition) is 4. The van der Waals surface area contributed by atoms with Gasteiger partial charge in [-0.3, -0.25) is 0 Å². The number of rotatable bonds is 5. The first-order chi connectivity index (χ1) is 7.47. The quantitative estimate of drug-likeness (QED) is 0.727. The van der Waals surface area contributed by atoms with Crippen LogP contribution in [0.15, 0.2) is 0 Å². The predicted molar refractivity (Wildman–Crippen MR) is 61.6 cm³/mol. The van der Waals surface area contributed by atoms with Gasteiger partial charge in [0.1, 0.15) is 0 Å². The molecule has 0 radical (unpaired) electrons. The van der Waals surface area contributed by atoms with Crippen molar-refractivity contribution in [1.82, 2.24) is 4.72 Å². The molecule has 96 valence electrons. The first kappa shape index (κ1) is 13.9. The monoisotopic (exact) mass is 251 g/mol. The smallest absolute Gasteiger partial charge is 0.216 e. The van der Waals surface area contributed by atoms with Gasteiger partial charge in [0.25, 0.3) is 0 Å². The SMILES string of the molecule is CC(NS(=O)(=O)C(C)CO)C1CCOCC1. The molecule has 0 aromatic rings. The maximum absolute atomic E-state index is 11.7. The zero-order valence-corrected chi connectivity index (χ0v) is 10.7. The Morgan fingerprint density at radius 3 is 2.44 bits per heavy atom. The van der Waals surface area contributed by atoms with Crippen LogP contribution in [-0.4, -0.2) is 44.6 Å². The van der Waals surface area contributed by atoms with Crippen molar-refractivity contribution in [3.05, 3.63) is 0 Å². The van der Waals surface area contributed by atoms with Crippen molar-refractivity contribution in [2.24, 2.45) is 5.92 Å². The fraction of sp³-hybridized carbons (Fsp3) is 1.00. The molecule has 0 aromatic heterocycles. The number of sulfonamides is 1. The van der Waals surface area contributed by atoms with Crippen LogP contribution in [0.4, 0.5) is 0 Å². The summed E-state index contributed by atoms with van der Waals surface area (Å²) in [5.74, 6) is 0.328. The number of hydrogen-bond donors (Lipinski definition) is 2. The maximum atomic E-state index is 11.7. The van der Waals surface area contributed by atoms with E-state index in [1.807, 2.05) is 6.92 Å². The summed E-state index contributed by atoms with van der Waals surface area (Å²) < 4.78 is 31.3. The van der Waals surface area contributed by atoms with Crippen molar-refractivity contribution in [3.63, 3.8) is 0 Å². The average molecular weight is 251 g/mol. The molecule has 2 unspecified atom stereocenters. The summed E-state index contributed by atoms with van der Waals surface area (Å²) in [4.78, 5) is 0. The Bertz CT molecular complexity index is 298. The van der Waals surface area contributed by atoms with E-state index in [1.54, 1.807) is 0 Å². The Morgan fingerprint density at radius 2 is 1.94 bits per heavy atom. The summed E-state index contributed by atoms with van der Waals surface area (Å²) in [6, 6.07) is -0.0945. The highest BCUT2D eigenvalue weighted by molar-refractivity contribution is 7.90. The van der Waals surface area contributed by atoms with Crippen molar-refractivity contribution in [3.8, 4) is 0 Å². The van der Waals surface area contributed by atoms with Crippen molar-refractivity contribution in [2.75, 3.05) is 19.8 Å². The van der Waals surface area contributed by atoms with Crippen molar-refractivity contribution in [2.45, 2.75) is 38.0 Å². The third-order valence-corrected chi connectivity index (χ3v) is 5.02. The molecule has 1 rings (SSSR count). The Labute approximate surface area is 97.2 Å². The molecule has 0 amide bonds. The molecule has 1 fully saturated rings. The molecule has 0 saturated carbocycles. The highest BCUT2D eigenvalue weighted by Gasteiger charge is 2.27. The van der Waals surface area contributed by atoms with Crippen molar-refractivity contribution >= 4 is 10.0 Å². The summed E-state index contributed by atoms with van der Waals surface area (Å²) in [7, 11) is -3.40. The Morgan fingerprint density at radius 1 is 1.38 bits per heavy atom. The maximum Gasteiger partial charge on any atom is 0.216 e. The fourth-order valence-corrected chi connectivity index (χ4v) is 2.92. The standard InChI is InChI=1S/C10H21NO4S/c1-8(7-12)16(13,14)11-9(2)10-3-5-15-6-4-10/h8-12H,3-7H2,1-2H3. The van der Waals surface area contributed by atoms with E-state index in [-0.39, 0.29) is 12.6 Å². The third-order valence-electron chi connectivity index (χ3n) is 3.11. The lowest BCUT2D eigenvalue weighted by atomic mass is 9.94. The number of aliphatic hydroxyl groups is 1. The van der Waals surface area contributed by atoms with E-state index in [9.17, 15) is 8.42 Å². The van der Waals surface area contributed by atoms with Gasteiger partial charge in [0, 0.05) is 19.3 Å². The van der Waals surface area contributed by atoms with Crippen LogP contribution in [0, 0.1) is 5.92 Å². The predicted octanol–water partition coefficient (Wildman–Crippen LogP) is 0.102. The van der Waals surface area contributed by atoms with E-state index in [0.717, 1.165) is 12.8 Å². The van der Waals surface area contributed by atoms with Gasteiger partial charge in [-0.25, -0.2) is 13.1 Å². The highest BCUT2D eigenvalue weighted by atomic mass is 32.2. The van der Waals surface area contributed by atoms with Gasteiger partial charge in [-0.05, 0) is 32.6 Å². The molecule has 5 nitrogen and oxygen atoms in total. The molecule has 0 aliphatic carbocycles. The molecule has 6 heteroatoms. The number of ether oxygens (including phenoxy) is 1. The van der Waals surface area contributed by atoms with Gasteiger partial charge in [0.15, 0.2) is 0 Å². The van der Waals surface area contributed by atoms with Crippen molar-refractivity contribution in [1.29, 1.82) is 0 Å². The molecule has 2 N–H and O–H groups in total. The minimum atomic E-state index is -3.40.